The van der Waals surface area contributed by atoms with E-state index >= 15 is 0 Å². The van der Waals surface area contributed by atoms with Gasteiger partial charge in [0, 0.05) is 23.9 Å². The molecule has 1 aliphatic carbocycles. The Kier molecular flexibility index (Phi) is 3.69. The molecule has 1 aromatic heterocycles. The van der Waals surface area contributed by atoms with E-state index in [4.69, 9.17) is 0 Å². The summed E-state index contributed by atoms with van der Waals surface area (Å²) in [5, 5.41) is 2.09. The first-order valence-electron chi connectivity index (χ1n) is 7.16. The van der Waals surface area contributed by atoms with E-state index in [1.165, 1.54) is 37.0 Å². The van der Waals surface area contributed by atoms with Gasteiger partial charge in [-0.05, 0) is 49.5 Å². The van der Waals surface area contributed by atoms with Crippen LogP contribution in [0.2, 0.25) is 0 Å². The Hall–Kier alpha value is -0.830. The van der Waals surface area contributed by atoms with E-state index in [1.807, 2.05) is 0 Å². The highest BCUT2D eigenvalue weighted by atomic mass is 32.1. The number of thiophene rings is 1. The number of amides is 1. The van der Waals surface area contributed by atoms with Crippen LogP contribution in [0, 0.1) is 5.92 Å². The molecular weight excluding hydrogens is 242 g/mol. The Labute approximate surface area is 113 Å². The van der Waals surface area contributed by atoms with Crippen LogP contribution in [0.25, 0.3) is 0 Å². The van der Waals surface area contributed by atoms with Crippen molar-refractivity contribution in [2.75, 3.05) is 6.54 Å². The van der Waals surface area contributed by atoms with Crippen molar-refractivity contribution in [2.45, 2.75) is 51.0 Å². The minimum Gasteiger partial charge on any atom is -0.339 e. The van der Waals surface area contributed by atoms with E-state index in [2.05, 4.69) is 22.4 Å². The molecule has 1 amide bonds. The Bertz CT molecular complexity index is 397. The van der Waals surface area contributed by atoms with E-state index in [0.29, 0.717) is 18.4 Å². The first-order chi connectivity index (χ1) is 8.84. The molecule has 0 radical (unpaired) electrons. The molecule has 0 N–H and O–H groups in total. The molecule has 98 valence electrons. The molecule has 2 heterocycles. The fourth-order valence-electron chi connectivity index (χ4n) is 3.25. The van der Waals surface area contributed by atoms with Gasteiger partial charge in [0.2, 0.25) is 5.91 Å². The molecule has 1 aromatic rings. The lowest BCUT2D eigenvalue weighted by atomic mass is 9.79. The Morgan fingerprint density at radius 3 is 2.89 bits per heavy atom. The second-order valence-corrected chi connectivity index (χ2v) is 6.60. The first-order valence-corrected chi connectivity index (χ1v) is 8.04. The molecule has 0 aromatic carbocycles. The summed E-state index contributed by atoms with van der Waals surface area (Å²) < 4.78 is 0. The average molecular weight is 263 g/mol. The lowest BCUT2D eigenvalue weighted by Crippen LogP contribution is -2.42. The molecule has 3 rings (SSSR count). The summed E-state index contributed by atoms with van der Waals surface area (Å²) >= 11 is 1.76. The van der Waals surface area contributed by atoms with Crippen LogP contribution in [0.1, 0.15) is 43.4 Å². The minimum atomic E-state index is 0.387. The van der Waals surface area contributed by atoms with E-state index in [0.717, 1.165) is 18.9 Å². The molecule has 1 saturated carbocycles. The number of nitrogens with zero attached hydrogens (tertiary/aromatic N) is 1. The molecule has 1 saturated heterocycles. The second kappa shape index (κ2) is 5.43. The van der Waals surface area contributed by atoms with Gasteiger partial charge in [0.15, 0.2) is 0 Å². The van der Waals surface area contributed by atoms with E-state index in [9.17, 15) is 4.79 Å². The Balaban J connectivity index is 1.54. The van der Waals surface area contributed by atoms with E-state index in [-0.39, 0.29) is 0 Å². The number of carbonyl (C=O) groups excluding carboxylic acids is 1. The molecule has 18 heavy (non-hydrogen) atoms. The summed E-state index contributed by atoms with van der Waals surface area (Å²) in [4.78, 5) is 15.9. The van der Waals surface area contributed by atoms with Gasteiger partial charge in [0.05, 0.1) is 0 Å². The molecule has 0 spiro atoms. The summed E-state index contributed by atoms with van der Waals surface area (Å²) in [6.07, 6.45) is 8.15. The maximum absolute atomic E-state index is 12.3. The molecule has 1 atom stereocenters. The van der Waals surface area contributed by atoms with E-state index in [1.54, 1.807) is 11.3 Å². The first kappa shape index (κ1) is 12.2. The maximum Gasteiger partial charge on any atom is 0.223 e. The van der Waals surface area contributed by atoms with Crippen molar-refractivity contribution < 1.29 is 4.79 Å². The van der Waals surface area contributed by atoms with Crippen molar-refractivity contribution in [3.8, 4) is 0 Å². The Morgan fingerprint density at radius 1 is 1.33 bits per heavy atom. The molecule has 1 unspecified atom stereocenters. The van der Waals surface area contributed by atoms with Gasteiger partial charge in [-0.25, -0.2) is 0 Å². The van der Waals surface area contributed by atoms with Crippen LogP contribution in [0.15, 0.2) is 17.5 Å². The van der Waals surface area contributed by atoms with Gasteiger partial charge in [0.1, 0.15) is 0 Å². The molecule has 2 aliphatic rings. The summed E-state index contributed by atoms with van der Waals surface area (Å²) in [5.74, 6) is 1.20. The van der Waals surface area contributed by atoms with Crippen LogP contribution in [-0.4, -0.2) is 23.4 Å². The predicted octanol–water partition coefficient (Wildman–Crippen LogP) is 3.47. The van der Waals surface area contributed by atoms with Crippen LogP contribution < -0.4 is 0 Å². The molecular formula is C15H21NOS. The van der Waals surface area contributed by atoms with Crippen molar-refractivity contribution >= 4 is 17.2 Å². The molecule has 3 heteroatoms. The van der Waals surface area contributed by atoms with Crippen molar-refractivity contribution in [2.24, 2.45) is 5.92 Å². The lowest BCUT2D eigenvalue weighted by molar-refractivity contribution is -0.133. The zero-order chi connectivity index (χ0) is 12.4. The van der Waals surface area contributed by atoms with Crippen molar-refractivity contribution in [3.63, 3.8) is 0 Å². The largest absolute Gasteiger partial charge is 0.339 e. The average Bonchev–Trinajstić information content (AvgIpc) is 2.94. The number of hydrogen-bond donors (Lipinski definition) is 0. The van der Waals surface area contributed by atoms with Gasteiger partial charge in [-0.15, -0.1) is 11.3 Å². The van der Waals surface area contributed by atoms with Crippen LogP contribution in [0.3, 0.4) is 0 Å². The van der Waals surface area contributed by atoms with Crippen molar-refractivity contribution in [1.29, 1.82) is 0 Å². The van der Waals surface area contributed by atoms with Crippen LogP contribution in [0.5, 0.6) is 0 Å². The monoisotopic (exact) mass is 263 g/mol. The third-order valence-electron chi connectivity index (χ3n) is 4.48. The van der Waals surface area contributed by atoms with Gasteiger partial charge < -0.3 is 4.90 Å². The number of rotatable bonds is 4. The van der Waals surface area contributed by atoms with E-state index < -0.39 is 0 Å². The standard InChI is InChI=1S/C15H21NOS/c17-15(9-8-13-6-3-11-18-13)16-10-2-7-14(16)12-4-1-5-12/h3,6,11-12,14H,1-2,4-5,7-10H2. The highest BCUT2D eigenvalue weighted by Crippen LogP contribution is 2.37. The summed E-state index contributed by atoms with van der Waals surface area (Å²) in [5.41, 5.74) is 0. The minimum absolute atomic E-state index is 0.387. The predicted molar refractivity (Wildman–Crippen MR) is 74.7 cm³/mol. The van der Waals surface area contributed by atoms with Gasteiger partial charge >= 0.3 is 0 Å². The zero-order valence-corrected chi connectivity index (χ0v) is 11.6. The summed E-state index contributed by atoms with van der Waals surface area (Å²) in [7, 11) is 0. The van der Waals surface area contributed by atoms with Crippen molar-refractivity contribution in [3.05, 3.63) is 22.4 Å². The smallest absolute Gasteiger partial charge is 0.223 e. The summed E-state index contributed by atoms with van der Waals surface area (Å²) in [6, 6.07) is 4.78. The van der Waals surface area contributed by atoms with Crippen LogP contribution in [0.4, 0.5) is 0 Å². The third kappa shape index (κ3) is 2.46. The lowest BCUT2D eigenvalue weighted by Gasteiger charge is -2.37. The SMILES string of the molecule is O=C(CCc1cccs1)N1CCCC1C1CCC1. The second-order valence-electron chi connectivity index (χ2n) is 5.57. The maximum atomic E-state index is 12.3. The topological polar surface area (TPSA) is 20.3 Å². The van der Waals surface area contributed by atoms with Gasteiger partial charge in [-0.1, -0.05) is 12.5 Å². The third-order valence-corrected chi connectivity index (χ3v) is 5.42. The number of likely N-dealkylation sites (tertiary alicyclic amines) is 1. The van der Waals surface area contributed by atoms with Crippen LogP contribution >= 0.6 is 11.3 Å². The summed E-state index contributed by atoms with van der Waals surface area (Å²) in [6.45, 7) is 1.00. The van der Waals surface area contributed by atoms with Crippen LogP contribution in [-0.2, 0) is 11.2 Å². The molecule has 1 aliphatic heterocycles. The fraction of sp³-hybridized carbons (Fsp3) is 0.667. The van der Waals surface area contributed by atoms with Crippen molar-refractivity contribution in [1.82, 2.24) is 4.90 Å². The fourth-order valence-corrected chi connectivity index (χ4v) is 3.95. The zero-order valence-electron chi connectivity index (χ0n) is 10.8. The molecule has 0 bridgehead atoms. The van der Waals surface area contributed by atoms with Gasteiger partial charge in [-0.3, -0.25) is 4.79 Å². The molecule has 2 fully saturated rings. The van der Waals surface area contributed by atoms with Gasteiger partial charge in [-0.2, -0.15) is 0 Å². The Morgan fingerprint density at radius 2 is 2.22 bits per heavy atom. The highest BCUT2D eigenvalue weighted by Gasteiger charge is 2.36. The number of carbonyl (C=O) groups is 1. The normalized spacial score (nSPS) is 24.2. The number of hydrogen-bond acceptors (Lipinski definition) is 2. The number of aryl methyl sites for hydroxylation is 1. The molecule has 2 nitrogen and oxygen atoms in total. The highest BCUT2D eigenvalue weighted by molar-refractivity contribution is 7.09. The van der Waals surface area contributed by atoms with Gasteiger partial charge in [0.25, 0.3) is 0 Å². The quantitative estimate of drug-likeness (QED) is 0.814.